The van der Waals surface area contributed by atoms with Gasteiger partial charge in [0, 0.05) is 0 Å². The van der Waals surface area contributed by atoms with Crippen LogP contribution in [-0.4, -0.2) is 11.0 Å². The molecule has 0 spiro atoms. The standard InChI is InChI=1S/C10H13ClO/c1-7-4-3-5-9(8(7)2)10(12)6-11/h3-5,10,12H,6H2,1-2H3/t10-/m0/s1. The van der Waals surface area contributed by atoms with Gasteiger partial charge in [-0.05, 0) is 30.5 Å². The van der Waals surface area contributed by atoms with Crippen LogP contribution in [0.5, 0.6) is 0 Å². The molecule has 1 atom stereocenters. The molecule has 0 bridgehead atoms. The molecule has 1 aromatic rings. The fraction of sp³-hybridized carbons (Fsp3) is 0.400. The molecule has 0 heterocycles. The molecule has 0 aliphatic carbocycles. The Labute approximate surface area is 78.0 Å². The third-order valence-corrected chi connectivity index (χ3v) is 2.44. The summed E-state index contributed by atoms with van der Waals surface area (Å²) in [6, 6.07) is 5.88. The van der Waals surface area contributed by atoms with Crippen molar-refractivity contribution >= 4 is 11.6 Å². The molecule has 1 nitrogen and oxygen atoms in total. The van der Waals surface area contributed by atoms with Gasteiger partial charge < -0.3 is 5.11 Å². The van der Waals surface area contributed by atoms with E-state index in [1.807, 2.05) is 32.0 Å². The normalized spacial score (nSPS) is 13.0. The summed E-state index contributed by atoms with van der Waals surface area (Å²) in [5.74, 6) is 0.254. The number of alkyl halides is 1. The average Bonchev–Trinajstić information content (AvgIpc) is 2.08. The Hall–Kier alpha value is -0.530. The minimum Gasteiger partial charge on any atom is -0.387 e. The lowest BCUT2D eigenvalue weighted by atomic mass is 10.0. The van der Waals surface area contributed by atoms with Gasteiger partial charge in [0.25, 0.3) is 0 Å². The van der Waals surface area contributed by atoms with Crippen molar-refractivity contribution in [1.29, 1.82) is 0 Å². The van der Waals surface area contributed by atoms with Crippen molar-refractivity contribution in [3.05, 3.63) is 34.9 Å². The highest BCUT2D eigenvalue weighted by Gasteiger charge is 2.08. The number of aryl methyl sites for hydroxylation is 1. The van der Waals surface area contributed by atoms with E-state index in [9.17, 15) is 5.11 Å². The van der Waals surface area contributed by atoms with Gasteiger partial charge in [0.1, 0.15) is 0 Å². The summed E-state index contributed by atoms with van der Waals surface area (Å²) in [7, 11) is 0. The molecule has 0 saturated heterocycles. The number of benzene rings is 1. The molecule has 12 heavy (non-hydrogen) atoms. The fourth-order valence-corrected chi connectivity index (χ4v) is 1.38. The van der Waals surface area contributed by atoms with E-state index in [-0.39, 0.29) is 5.88 Å². The number of hydrogen-bond acceptors (Lipinski definition) is 1. The van der Waals surface area contributed by atoms with Crippen molar-refractivity contribution in [2.24, 2.45) is 0 Å². The van der Waals surface area contributed by atoms with Crippen molar-refractivity contribution in [3.63, 3.8) is 0 Å². The molecule has 0 radical (unpaired) electrons. The highest BCUT2D eigenvalue weighted by Crippen LogP contribution is 2.20. The molecule has 0 aromatic heterocycles. The van der Waals surface area contributed by atoms with Crippen LogP contribution in [0.1, 0.15) is 22.8 Å². The fourth-order valence-electron chi connectivity index (χ4n) is 1.22. The maximum atomic E-state index is 9.50. The minimum atomic E-state index is -0.536. The summed E-state index contributed by atoms with van der Waals surface area (Å²) < 4.78 is 0. The van der Waals surface area contributed by atoms with Gasteiger partial charge in [0.05, 0.1) is 12.0 Å². The Kier molecular flexibility index (Phi) is 3.12. The zero-order valence-corrected chi connectivity index (χ0v) is 8.10. The zero-order chi connectivity index (χ0) is 9.14. The van der Waals surface area contributed by atoms with Gasteiger partial charge in [-0.1, -0.05) is 18.2 Å². The van der Waals surface area contributed by atoms with Crippen LogP contribution in [0, 0.1) is 13.8 Å². The van der Waals surface area contributed by atoms with Gasteiger partial charge in [-0.25, -0.2) is 0 Å². The van der Waals surface area contributed by atoms with Crippen molar-refractivity contribution in [3.8, 4) is 0 Å². The number of aliphatic hydroxyl groups excluding tert-OH is 1. The van der Waals surface area contributed by atoms with Crippen molar-refractivity contribution in [2.75, 3.05) is 5.88 Å². The first kappa shape index (κ1) is 9.56. The Morgan fingerprint density at radius 1 is 1.42 bits per heavy atom. The van der Waals surface area contributed by atoms with Crippen molar-refractivity contribution in [2.45, 2.75) is 20.0 Å². The first-order valence-electron chi connectivity index (χ1n) is 3.97. The van der Waals surface area contributed by atoms with Crippen LogP contribution in [0.2, 0.25) is 0 Å². The lowest BCUT2D eigenvalue weighted by Crippen LogP contribution is -2.02. The van der Waals surface area contributed by atoms with Crippen molar-refractivity contribution < 1.29 is 5.11 Å². The Bertz CT molecular complexity index is 271. The maximum absolute atomic E-state index is 9.50. The van der Waals surface area contributed by atoms with E-state index >= 15 is 0 Å². The van der Waals surface area contributed by atoms with E-state index in [1.165, 1.54) is 5.56 Å². The molecule has 0 aliphatic heterocycles. The second-order valence-electron chi connectivity index (χ2n) is 2.96. The molecule has 0 amide bonds. The molecular weight excluding hydrogens is 172 g/mol. The van der Waals surface area contributed by atoms with E-state index < -0.39 is 6.10 Å². The van der Waals surface area contributed by atoms with Gasteiger partial charge in [0.15, 0.2) is 0 Å². The van der Waals surface area contributed by atoms with Crippen LogP contribution in [0.25, 0.3) is 0 Å². The lowest BCUT2D eigenvalue weighted by Gasteiger charge is -2.12. The minimum absolute atomic E-state index is 0.254. The number of rotatable bonds is 2. The largest absolute Gasteiger partial charge is 0.387 e. The van der Waals surface area contributed by atoms with Gasteiger partial charge in [-0.15, -0.1) is 11.6 Å². The number of hydrogen-bond donors (Lipinski definition) is 1. The predicted molar refractivity (Wildman–Crippen MR) is 51.6 cm³/mol. The molecule has 1 N–H and O–H groups in total. The second kappa shape index (κ2) is 3.92. The van der Waals surface area contributed by atoms with Crippen LogP contribution >= 0.6 is 11.6 Å². The zero-order valence-electron chi connectivity index (χ0n) is 7.34. The average molecular weight is 185 g/mol. The van der Waals surface area contributed by atoms with E-state index in [0.29, 0.717) is 0 Å². The van der Waals surface area contributed by atoms with Crippen LogP contribution < -0.4 is 0 Å². The van der Waals surface area contributed by atoms with Gasteiger partial charge >= 0.3 is 0 Å². The molecule has 0 aliphatic rings. The van der Waals surface area contributed by atoms with E-state index in [1.54, 1.807) is 0 Å². The van der Waals surface area contributed by atoms with Gasteiger partial charge in [-0.3, -0.25) is 0 Å². The summed E-state index contributed by atoms with van der Waals surface area (Å²) in [6.45, 7) is 4.03. The molecular formula is C10H13ClO. The predicted octanol–water partition coefficient (Wildman–Crippen LogP) is 2.58. The van der Waals surface area contributed by atoms with E-state index in [0.717, 1.165) is 11.1 Å². The molecule has 0 fully saturated rings. The third kappa shape index (κ3) is 1.79. The lowest BCUT2D eigenvalue weighted by molar-refractivity contribution is 0.202. The third-order valence-electron chi connectivity index (χ3n) is 2.15. The maximum Gasteiger partial charge on any atom is 0.0927 e. The highest BCUT2D eigenvalue weighted by molar-refractivity contribution is 6.18. The van der Waals surface area contributed by atoms with Crippen LogP contribution in [-0.2, 0) is 0 Å². The Balaban J connectivity index is 3.07. The summed E-state index contributed by atoms with van der Waals surface area (Å²) in [5.41, 5.74) is 3.26. The number of aliphatic hydroxyl groups is 1. The molecule has 1 rings (SSSR count). The van der Waals surface area contributed by atoms with E-state index in [4.69, 9.17) is 11.6 Å². The molecule has 0 unspecified atom stereocenters. The smallest absolute Gasteiger partial charge is 0.0927 e. The molecule has 1 aromatic carbocycles. The quantitative estimate of drug-likeness (QED) is 0.701. The van der Waals surface area contributed by atoms with E-state index in [2.05, 4.69) is 0 Å². The monoisotopic (exact) mass is 184 g/mol. The molecule has 2 heteroatoms. The second-order valence-corrected chi connectivity index (χ2v) is 3.27. The topological polar surface area (TPSA) is 20.2 Å². The summed E-state index contributed by atoms with van der Waals surface area (Å²) in [6.07, 6.45) is -0.536. The van der Waals surface area contributed by atoms with Crippen molar-refractivity contribution in [1.82, 2.24) is 0 Å². The Morgan fingerprint density at radius 2 is 2.08 bits per heavy atom. The molecule has 0 saturated carbocycles. The van der Waals surface area contributed by atoms with Gasteiger partial charge in [0.2, 0.25) is 0 Å². The highest BCUT2D eigenvalue weighted by atomic mass is 35.5. The van der Waals surface area contributed by atoms with Crippen LogP contribution in [0.15, 0.2) is 18.2 Å². The summed E-state index contributed by atoms with van der Waals surface area (Å²) in [4.78, 5) is 0. The summed E-state index contributed by atoms with van der Waals surface area (Å²) in [5, 5.41) is 9.50. The van der Waals surface area contributed by atoms with Crippen LogP contribution in [0.3, 0.4) is 0 Å². The van der Waals surface area contributed by atoms with Crippen LogP contribution in [0.4, 0.5) is 0 Å². The summed E-state index contributed by atoms with van der Waals surface area (Å²) >= 11 is 5.56. The SMILES string of the molecule is Cc1cccc([C@@H](O)CCl)c1C. The van der Waals surface area contributed by atoms with Gasteiger partial charge in [-0.2, -0.15) is 0 Å². The first-order valence-corrected chi connectivity index (χ1v) is 4.50. The Morgan fingerprint density at radius 3 is 2.67 bits per heavy atom. The first-order chi connectivity index (χ1) is 5.66. The number of halogens is 1. The molecule has 66 valence electrons.